The van der Waals surface area contributed by atoms with E-state index in [9.17, 15) is 18.3 Å². The fourth-order valence-corrected chi connectivity index (χ4v) is 2.62. The highest BCUT2D eigenvalue weighted by molar-refractivity contribution is 5.38. The molecule has 0 aromatic heterocycles. The van der Waals surface area contributed by atoms with Crippen molar-refractivity contribution in [3.8, 4) is 5.75 Å². The van der Waals surface area contributed by atoms with Gasteiger partial charge < -0.3 is 14.9 Å². The van der Waals surface area contributed by atoms with Crippen molar-refractivity contribution >= 4 is 0 Å². The van der Waals surface area contributed by atoms with Gasteiger partial charge in [-0.1, -0.05) is 6.07 Å². The van der Waals surface area contributed by atoms with Gasteiger partial charge in [-0.05, 0) is 50.7 Å². The summed E-state index contributed by atoms with van der Waals surface area (Å²) in [7, 11) is 1.90. The minimum absolute atomic E-state index is 0.442. The molecule has 1 aromatic rings. The summed E-state index contributed by atoms with van der Waals surface area (Å²) in [5.74, 6) is -0.717. The van der Waals surface area contributed by atoms with Crippen LogP contribution in [0.4, 0.5) is 13.2 Å². The first-order chi connectivity index (χ1) is 9.86. The number of aromatic hydroxyl groups is 1. The first-order valence-electron chi connectivity index (χ1n) is 7.16. The van der Waals surface area contributed by atoms with Gasteiger partial charge in [0.1, 0.15) is 5.75 Å². The number of hydrogen-bond donors (Lipinski definition) is 1. The Morgan fingerprint density at radius 3 is 2.52 bits per heavy atom. The lowest BCUT2D eigenvalue weighted by Gasteiger charge is -2.21. The van der Waals surface area contributed by atoms with Crippen molar-refractivity contribution in [1.29, 1.82) is 0 Å². The molecule has 0 radical (unpaired) electrons. The summed E-state index contributed by atoms with van der Waals surface area (Å²) >= 11 is 0. The van der Waals surface area contributed by atoms with Gasteiger partial charge in [-0.25, -0.2) is 0 Å². The van der Waals surface area contributed by atoms with Gasteiger partial charge in [-0.2, -0.15) is 13.2 Å². The van der Waals surface area contributed by atoms with E-state index in [-0.39, 0.29) is 0 Å². The van der Waals surface area contributed by atoms with Gasteiger partial charge in [0, 0.05) is 19.6 Å². The molecule has 21 heavy (non-hydrogen) atoms. The third-order valence-electron chi connectivity index (χ3n) is 3.82. The van der Waals surface area contributed by atoms with Crippen LogP contribution in [-0.4, -0.2) is 48.1 Å². The Labute approximate surface area is 123 Å². The van der Waals surface area contributed by atoms with E-state index in [4.69, 9.17) is 0 Å². The fourth-order valence-electron chi connectivity index (χ4n) is 2.62. The number of hydrogen-bond acceptors (Lipinski definition) is 3. The zero-order valence-corrected chi connectivity index (χ0v) is 12.2. The number of likely N-dealkylation sites (tertiary alicyclic amines) is 1. The summed E-state index contributed by atoms with van der Waals surface area (Å²) in [6, 6.07) is 3.69. The second-order valence-corrected chi connectivity index (χ2v) is 5.64. The van der Waals surface area contributed by atoms with E-state index in [0.717, 1.165) is 38.3 Å². The molecule has 0 spiro atoms. The largest absolute Gasteiger partial charge is 0.507 e. The number of nitrogens with zero attached hydrogens (tertiary/aromatic N) is 2. The topological polar surface area (TPSA) is 26.7 Å². The third-order valence-corrected chi connectivity index (χ3v) is 3.82. The van der Waals surface area contributed by atoms with Crippen molar-refractivity contribution in [2.24, 2.45) is 0 Å². The Hall–Kier alpha value is -1.27. The molecule has 1 aliphatic rings. The predicted molar refractivity (Wildman–Crippen MR) is 75.1 cm³/mol. The van der Waals surface area contributed by atoms with E-state index in [1.54, 1.807) is 0 Å². The van der Waals surface area contributed by atoms with Gasteiger partial charge in [0.25, 0.3) is 0 Å². The molecular weight excluding hydrogens is 281 g/mol. The van der Waals surface area contributed by atoms with Crippen LogP contribution < -0.4 is 0 Å². The summed E-state index contributed by atoms with van der Waals surface area (Å²) in [5, 5.41) is 9.31. The Bertz CT molecular complexity index is 470. The molecule has 3 nitrogen and oxygen atoms in total. The van der Waals surface area contributed by atoms with Crippen LogP contribution in [0, 0.1) is 0 Å². The van der Waals surface area contributed by atoms with Crippen molar-refractivity contribution < 1.29 is 18.3 Å². The molecule has 0 saturated carbocycles. The molecule has 6 heteroatoms. The SMILES string of the molecule is CN(CCN1CCCC1)Cc1ccc(O)c(C(F)(F)F)c1. The summed E-state index contributed by atoms with van der Waals surface area (Å²) in [4.78, 5) is 4.37. The average Bonchev–Trinajstić information content (AvgIpc) is 2.90. The lowest BCUT2D eigenvalue weighted by Crippen LogP contribution is -2.31. The number of likely N-dealkylation sites (N-methyl/N-ethyl adjacent to an activating group) is 1. The Morgan fingerprint density at radius 2 is 1.90 bits per heavy atom. The van der Waals surface area contributed by atoms with Gasteiger partial charge >= 0.3 is 6.18 Å². The first kappa shape index (κ1) is 16.1. The highest BCUT2D eigenvalue weighted by atomic mass is 19.4. The van der Waals surface area contributed by atoms with Crippen LogP contribution in [0.3, 0.4) is 0 Å². The molecule has 0 unspecified atom stereocenters. The number of halogens is 3. The molecule has 1 fully saturated rings. The van der Waals surface area contributed by atoms with Crippen LogP contribution in [0.2, 0.25) is 0 Å². The van der Waals surface area contributed by atoms with Gasteiger partial charge in [-0.3, -0.25) is 0 Å². The number of phenols is 1. The van der Waals surface area contributed by atoms with Crippen LogP contribution >= 0.6 is 0 Å². The Morgan fingerprint density at radius 1 is 1.24 bits per heavy atom. The molecule has 1 N–H and O–H groups in total. The average molecular weight is 302 g/mol. The normalized spacial score (nSPS) is 16.8. The smallest absolute Gasteiger partial charge is 0.419 e. The van der Waals surface area contributed by atoms with Gasteiger partial charge in [0.15, 0.2) is 0 Å². The van der Waals surface area contributed by atoms with E-state index in [1.807, 2.05) is 11.9 Å². The highest BCUT2D eigenvalue weighted by Gasteiger charge is 2.34. The molecule has 1 aliphatic heterocycles. The van der Waals surface area contributed by atoms with E-state index >= 15 is 0 Å². The lowest BCUT2D eigenvalue weighted by molar-refractivity contribution is -0.138. The van der Waals surface area contributed by atoms with Crippen LogP contribution in [0.25, 0.3) is 0 Å². The highest BCUT2D eigenvalue weighted by Crippen LogP contribution is 2.36. The van der Waals surface area contributed by atoms with Gasteiger partial charge in [0.05, 0.1) is 5.56 Å². The number of rotatable bonds is 5. The van der Waals surface area contributed by atoms with Crippen molar-refractivity contribution in [2.75, 3.05) is 33.2 Å². The molecule has 0 bridgehead atoms. The zero-order valence-electron chi connectivity index (χ0n) is 12.2. The number of alkyl halides is 3. The molecule has 1 aromatic carbocycles. The quantitative estimate of drug-likeness (QED) is 0.906. The van der Waals surface area contributed by atoms with Gasteiger partial charge in [-0.15, -0.1) is 0 Å². The summed E-state index contributed by atoms with van der Waals surface area (Å²) < 4.78 is 38.2. The maximum absolute atomic E-state index is 12.7. The summed E-state index contributed by atoms with van der Waals surface area (Å²) in [6.45, 7) is 4.44. The van der Waals surface area contributed by atoms with Crippen molar-refractivity contribution in [3.63, 3.8) is 0 Å². The van der Waals surface area contributed by atoms with Crippen LogP contribution in [0.1, 0.15) is 24.0 Å². The molecule has 0 aliphatic carbocycles. The van der Waals surface area contributed by atoms with Crippen molar-refractivity contribution in [2.45, 2.75) is 25.6 Å². The monoisotopic (exact) mass is 302 g/mol. The fraction of sp³-hybridized carbons (Fsp3) is 0.600. The van der Waals surface area contributed by atoms with Gasteiger partial charge in [0.2, 0.25) is 0 Å². The number of benzene rings is 1. The lowest BCUT2D eigenvalue weighted by atomic mass is 10.1. The standard InChI is InChI=1S/C15H21F3N2O/c1-19(8-9-20-6-2-3-7-20)11-12-4-5-14(21)13(10-12)15(16,17)18/h4-5,10,21H,2-3,6-9,11H2,1H3. The number of phenolic OH excluding ortho intramolecular Hbond substituents is 1. The van der Waals surface area contributed by atoms with Crippen LogP contribution in [0.5, 0.6) is 5.75 Å². The second kappa shape index (κ2) is 6.66. The molecule has 1 heterocycles. The van der Waals surface area contributed by atoms with Crippen LogP contribution in [-0.2, 0) is 12.7 Å². The molecule has 2 rings (SSSR count). The Kier molecular flexibility index (Phi) is 5.11. The molecular formula is C15H21F3N2O. The molecule has 1 saturated heterocycles. The minimum atomic E-state index is -4.52. The molecule has 0 amide bonds. The maximum atomic E-state index is 12.7. The minimum Gasteiger partial charge on any atom is -0.507 e. The Balaban J connectivity index is 1.92. The second-order valence-electron chi connectivity index (χ2n) is 5.64. The zero-order chi connectivity index (χ0) is 15.5. The van der Waals surface area contributed by atoms with E-state index in [0.29, 0.717) is 12.1 Å². The van der Waals surface area contributed by atoms with Crippen molar-refractivity contribution in [3.05, 3.63) is 29.3 Å². The summed E-state index contributed by atoms with van der Waals surface area (Å²) in [6.07, 6.45) is -2.05. The van der Waals surface area contributed by atoms with Crippen molar-refractivity contribution in [1.82, 2.24) is 9.80 Å². The molecule has 0 atom stereocenters. The van der Waals surface area contributed by atoms with E-state index < -0.39 is 17.5 Å². The maximum Gasteiger partial charge on any atom is 0.419 e. The van der Waals surface area contributed by atoms with E-state index in [1.165, 1.54) is 18.9 Å². The molecule has 118 valence electrons. The first-order valence-corrected chi connectivity index (χ1v) is 7.16. The summed E-state index contributed by atoms with van der Waals surface area (Å²) in [5.41, 5.74) is -0.406. The third kappa shape index (κ3) is 4.61. The predicted octanol–water partition coefficient (Wildman–Crippen LogP) is 2.94. The van der Waals surface area contributed by atoms with Crippen LogP contribution in [0.15, 0.2) is 18.2 Å². The van der Waals surface area contributed by atoms with E-state index in [2.05, 4.69) is 4.90 Å².